The average molecular weight is 244 g/mol. The maximum absolute atomic E-state index is 6.01. The Bertz CT molecular complexity index is 230. The quantitative estimate of drug-likeness (QED) is 0.748. The van der Waals surface area contributed by atoms with Gasteiger partial charge in [-0.1, -0.05) is 13.8 Å². The van der Waals surface area contributed by atoms with Crippen molar-refractivity contribution in [1.82, 2.24) is 0 Å². The monoisotopic (exact) mass is 244 g/mol. The van der Waals surface area contributed by atoms with Crippen LogP contribution < -0.4 is 0 Å². The van der Waals surface area contributed by atoms with Gasteiger partial charge in [-0.3, -0.25) is 0 Å². The Hall–Kier alpha value is -0.160. The number of methoxy groups -OCH3 is 2. The largest absolute Gasteiger partial charge is 0.356 e. The molecule has 4 nitrogen and oxygen atoms in total. The van der Waals surface area contributed by atoms with Crippen LogP contribution >= 0.6 is 0 Å². The molecule has 0 bridgehead atoms. The van der Waals surface area contributed by atoms with Gasteiger partial charge in [0.25, 0.3) is 0 Å². The molecule has 2 fully saturated rings. The van der Waals surface area contributed by atoms with Gasteiger partial charge in [-0.25, -0.2) is 0 Å². The van der Waals surface area contributed by atoms with E-state index in [9.17, 15) is 0 Å². The molecule has 1 spiro atoms. The second-order valence-corrected chi connectivity index (χ2v) is 5.57. The molecule has 0 N–H and O–H groups in total. The fourth-order valence-corrected chi connectivity index (χ4v) is 3.05. The lowest BCUT2D eigenvalue weighted by Crippen LogP contribution is -2.52. The number of ether oxygens (including phenoxy) is 4. The first-order chi connectivity index (χ1) is 8.07. The fourth-order valence-electron chi connectivity index (χ4n) is 3.05. The van der Waals surface area contributed by atoms with Gasteiger partial charge in [-0.15, -0.1) is 0 Å². The average Bonchev–Trinajstić information content (AvgIpc) is 2.26. The van der Waals surface area contributed by atoms with Crippen molar-refractivity contribution in [3.05, 3.63) is 0 Å². The van der Waals surface area contributed by atoms with Crippen molar-refractivity contribution in [2.75, 3.05) is 14.2 Å². The first-order valence-corrected chi connectivity index (χ1v) is 6.48. The Morgan fingerprint density at radius 3 is 1.65 bits per heavy atom. The molecule has 0 aliphatic carbocycles. The summed E-state index contributed by atoms with van der Waals surface area (Å²) < 4.78 is 22.7. The van der Waals surface area contributed by atoms with Gasteiger partial charge in [0.15, 0.2) is 18.4 Å². The van der Waals surface area contributed by atoms with Gasteiger partial charge in [-0.05, 0) is 11.8 Å². The van der Waals surface area contributed by atoms with Gasteiger partial charge in [0.2, 0.25) is 0 Å². The van der Waals surface area contributed by atoms with Gasteiger partial charge in [0.1, 0.15) is 0 Å². The highest BCUT2D eigenvalue weighted by Gasteiger charge is 2.47. The van der Waals surface area contributed by atoms with Gasteiger partial charge in [-0.2, -0.15) is 0 Å². The summed E-state index contributed by atoms with van der Waals surface area (Å²) in [5.74, 6) is 0.601. The number of hydrogen-bond donors (Lipinski definition) is 0. The van der Waals surface area contributed by atoms with E-state index in [1.165, 1.54) is 0 Å². The molecule has 2 aliphatic heterocycles. The molecular formula is C13H24O4. The molecule has 5 atom stereocenters. The fraction of sp³-hybridized carbons (Fsp3) is 1.00. The molecule has 2 rings (SSSR count). The number of rotatable bonds is 2. The van der Waals surface area contributed by atoms with E-state index in [2.05, 4.69) is 13.8 Å². The molecule has 17 heavy (non-hydrogen) atoms. The lowest BCUT2D eigenvalue weighted by molar-refractivity contribution is -0.390. The van der Waals surface area contributed by atoms with Gasteiger partial charge >= 0.3 is 0 Å². The van der Waals surface area contributed by atoms with Crippen molar-refractivity contribution in [2.45, 2.75) is 57.9 Å². The molecule has 0 saturated carbocycles. The van der Waals surface area contributed by atoms with Crippen LogP contribution in [0, 0.1) is 11.8 Å². The molecule has 4 heteroatoms. The zero-order valence-electron chi connectivity index (χ0n) is 11.3. The molecule has 100 valence electrons. The van der Waals surface area contributed by atoms with Crippen LogP contribution in [0.1, 0.15) is 39.5 Å². The molecule has 2 heterocycles. The zero-order chi connectivity index (χ0) is 12.5. The van der Waals surface area contributed by atoms with Crippen LogP contribution in [0.25, 0.3) is 0 Å². The summed E-state index contributed by atoms with van der Waals surface area (Å²) in [7, 11) is 3.38. The smallest absolute Gasteiger partial charge is 0.175 e. The SMILES string of the molecule is CO[C@@H]1C[C@@H](C)CC2(C[C@@H](C)C[C@@H](OC)O2)O1. The molecule has 0 aromatic heterocycles. The van der Waals surface area contributed by atoms with E-state index in [-0.39, 0.29) is 12.6 Å². The molecule has 1 unspecified atom stereocenters. The maximum atomic E-state index is 6.01. The van der Waals surface area contributed by atoms with Crippen LogP contribution in [0.2, 0.25) is 0 Å². The van der Waals surface area contributed by atoms with Crippen molar-refractivity contribution in [3.63, 3.8) is 0 Å². The van der Waals surface area contributed by atoms with Crippen LogP contribution in [0.3, 0.4) is 0 Å². The minimum Gasteiger partial charge on any atom is -0.356 e. The summed E-state index contributed by atoms with van der Waals surface area (Å²) >= 11 is 0. The highest BCUT2D eigenvalue weighted by Crippen LogP contribution is 2.43. The highest BCUT2D eigenvalue weighted by atomic mass is 16.8. The highest BCUT2D eigenvalue weighted by molar-refractivity contribution is 4.85. The molecule has 0 radical (unpaired) electrons. The predicted octanol–water partition coefficient (Wildman–Crippen LogP) is 2.52. The van der Waals surface area contributed by atoms with Gasteiger partial charge in [0.05, 0.1) is 0 Å². The Labute approximate surface area is 104 Å². The Balaban J connectivity index is 2.10. The summed E-state index contributed by atoms with van der Waals surface area (Å²) in [6.07, 6.45) is 3.43. The minimum absolute atomic E-state index is 0.151. The second kappa shape index (κ2) is 5.22. The summed E-state index contributed by atoms with van der Waals surface area (Å²) in [4.78, 5) is 0. The van der Waals surface area contributed by atoms with Crippen molar-refractivity contribution in [3.8, 4) is 0 Å². The molecule has 0 aromatic rings. The Morgan fingerprint density at radius 2 is 1.29 bits per heavy atom. The van der Waals surface area contributed by atoms with E-state index in [1.807, 2.05) is 0 Å². The van der Waals surface area contributed by atoms with Crippen LogP contribution in [0.4, 0.5) is 0 Å². The van der Waals surface area contributed by atoms with E-state index in [1.54, 1.807) is 14.2 Å². The molecule has 2 saturated heterocycles. The lowest BCUT2D eigenvalue weighted by atomic mass is 9.85. The summed E-state index contributed by atoms with van der Waals surface area (Å²) in [6.45, 7) is 4.45. The van der Waals surface area contributed by atoms with E-state index >= 15 is 0 Å². The summed E-state index contributed by atoms with van der Waals surface area (Å²) in [5.41, 5.74) is 0. The molecule has 2 aliphatic rings. The van der Waals surface area contributed by atoms with Crippen LogP contribution in [-0.2, 0) is 18.9 Å². The Kier molecular flexibility index (Phi) is 4.08. The third-order valence-corrected chi connectivity index (χ3v) is 3.73. The van der Waals surface area contributed by atoms with Crippen LogP contribution in [0.5, 0.6) is 0 Å². The second-order valence-electron chi connectivity index (χ2n) is 5.57. The van der Waals surface area contributed by atoms with Crippen LogP contribution in [0.15, 0.2) is 0 Å². The molecule has 0 amide bonds. The van der Waals surface area contributed by atoms with E-state index in [4.69, 9.17) is 18.9 Å². The van der Waals surface area contributed by atoms with Crippen molar-refractivity contribution in [2.24, 2.45) is 11.8 Å². The Morgan fingerprint density at radius 1 is 0.882 bits per heavy atom. The van der Waals surface area contributed by atoms with Gasteiger partial charge < -0.3 is 18.9 Å². The van der Waals surface area contributed by atoms with Crippen molar-refractivity contribution < 1.29 is 18.9 Å². The third kappa shape index (κ3) is 2.99. The summed E-state index contributed by atoms with van der Waals surface area (Å²) in [5, 5.41) is 0. The molecular weight excluding hydrogens is 220 g/mol. The first-order valence-electron chi connectivity index (χ1n) is 6.48. The van der Waals surface area contributed by atoms with Crippen molar-refractivity contribution >= 4 is 0 Å². The zero-order valence-corrected chi connectivity index (χ0v) is 11.3. The predicted molar refractivity (Wildman–Crippen MR) is 63.3 cm³/mol. The maximum Gasteiger partial charge on any atom is 0.175 e. The topological polar surface area (TPSA) is 36.9 Å². The van der Waals surface area contributed by atoms with E-state index in [0.29, 0.717) is 11.8 Å². The minimum atomic E-state index is -0.503. The normalized spacial score (nSPS) is 47.3. The standard InChI is InChI=1S/C13H24O4/c1-9-5-11(14-3)16-13(7-9)8-10(2)6-12(15-4)17-13/h9-12H,5-8H2,1-4H3/t9-,10+,11-,12-,13?/m0/s1. The van der Waals surface area contributed by atoms with E-state index < -0.39 is 5.79 Å². The molecule has 0 aromatic carbocycles. The van der Waals surface area contributed by atoms with Crippen LogP contribution in [-0.4, -0.2) is 32.6 Å². The lowest BCUT2D eigenvalue weighted by Gasteiger charge is -2.48. The van der Waals surface area contributed by atoms with Crippen molar-refractivity contribution in [1.29, 1.82) is 0 Å². The summed E-state index contributed by atoms with van der Waals surface area (Å²) in [6, 6.07) is 0. The first kappa shape index (κ1) is 13.3. The number of hydrogen-bond acceptors (Lipinski definition) is 4. The van der Waals surface area contributed by atoms with Gasteiger partial charge in [0, 0.05) is 39.9 Å². The third-order valence-electron chi connectivity index (χ3n) is 3.73. The van der Waals surface area contributed by atoms with E-state index in [0.717, 1.165) is 25.7 Å².